The lowest BCUT2D eigenvalue weighted by molar-refractivity contribution is -0.384. The van der Waals surface area contributed by atoms with Crippen molar-refractivity contribution in [2.45, 2.75) is 24.8 Å². The summed E-state index contributed by atoms with van der Waals surface area (Å²) >= 11 is 0. The molecule has 0 saturated carbocycles. The average Bonchev–Trinajstić information content (AvgIpc) is 2.36. The number of non-ortho nitro benzene ring substituents is 1. The van der Waals surface area contributed by atoms with Gasteiger partial charge in [0.15, 0.2) is 0 Å². The van der Waals surface area contributed by atoms with Crippen LogP contribution in [0, 0.1) is 16.0 Å². The van der Waals surface area contributed by atoms with E-state index in [4.69, 9.17) is 5.73 Å². The van der Waals surface area contributed by atoms with Gasteiger partial charge in [-0.15, -0.1) is 0 Å². The molecule has 0 fully saturated rings. The third kappa shape index (κ3) is 4.27. The van der Waals surface area contributed by atoms with Crippen LogP contribution in [0.15, 0.2) is 29.2 Å². The van der Waals surface area contributed by atoms with Gasteiger partial charge >= 0.3 is 0 Å². The predicted molar refractivity (Wildman–Crippen MR) is 71.1 cm³/mol. The van der Waals surface area contributed by atoms with Gasteiger partial charge in [-0.1, -0.05) is 13.8 Å². The van der Waals surface area contributed by atoms with Crippen molar-refractivity contribution in [2.75, 3.05) is 6.54 Å². The van der Waals surface area contributed by atoms with Gasteiger partial charge in [0.25, 0.3) is 5.69 Å². The van der Waals surface area contributed by atoms with E-state index in [1.54, 1.807) is 0 Å². The molecular weight excluding hydrogens is 270 g/mol. The van der Waals surface area contributed by atoms with E-state index in [-0.39, 0.29) is 29.1 Å². The van der Waals surface area contributed by atoms with Crippen LogP contribution in [-0.4, -0.2) is 25.9 Å². The van der Waals surface area contributed by atoms with Crippen LogP contribution in [0.3, 0.4) is 0 Å². The van der Waals surface area contributed by atoms with Gasteiger partial charge in [0, 0.05) is 24.7 Å². The summed E-state index contributed by atoms with van der Waals surface area (Å²) in [5, 5.41) is 10.5. The number of nitrogens with zero attached hydrogens (tertiary/aromatic N) is 1. The van der Waals surface area contributed by atoms with E-state index in [0.29, 0.717) is 0 Å². The molecule has 1 aromatic rings. The van der Waals surface area contributed by atoms with Crippen molar-refractivity contribution < 1.29 is 13.3 Å². The van der Waals surface area contributed by atoms with E-state index in [0.717, 1.165) is 12.1 Å². The molecule has 1 aromatic carbocycles. The molecule has 106 valence electrons. The first kappa shape index (κ1) is 15.5. The van der Waals surface area contributed by atoms with Crippen LogP contribution in [0.5, 0.6) is 0 Å². The summed E-state index contributed by atoms with van der Waals surface area (Å²) in [5.41, 5.74) is 5.59. The second-order valence-electron chi connectivity index (χ2n) is 4.51. The maximum absolute atomic E-state index is 11.9. The topological polar surface area (TPSA) is 115 Å². The second-order valence-corrected chi connectivity index (χ2v) is 6.28. The van der Waals surface area contributed by atoms with E-state index in [2.05, 4.69) is 4.72 Å². The van der Waals surface area contributed by atoms with Crippen LogP contribution in [0.2, 0.25) is 0 Å². The van der Waals surface area contributed by atoms with Gasteiger partial charge in [-0.3, -0.25) is 10.1 Å². The number of sulfonamides is 1. The van der Waals surface area contributed by atoms with Crippen LogP contribution < -0.4 is 10.5 Å². The maximum atomic E-state index is 11.9. The number of hydrogen-bond donors (Lipinski definition) is 2. The van der Waals surface area contributed by atoms with E-state index in [1.165, 1.54) is 12.1 Å². The Bertz CT molecular complexity index is 540. The fourth-order valence-electron chi connectivity index (χ4n) is 1.27. The molecule has 19 heavy (non-hydrogen) atoms. The minimum Gasteiger partial charge on any atom is -0.326 e. The number of nitrogens with two attached hydrogens (primary N) is 1. The van der Waals surface area contributed by atoms with Gasteiger partial charge in [-0.2, -0.15) is 0 Å². The molecule has 7 nitrogen and oxygen atoms in total. The highest BCUT2D eigenvalue weighted by Crippen LogP contribution is 2.15. The van der Waals surface area contributed by atoms with Gasteiger partial charge in [-0.05, 0) is 18.1 Å². The summed E-state index contributed by atoms with van der Waals surface area (Å²) in [6.07, 6.45) is 0. The van der Waals surface area contributed by atoms with Crippen LogP contribution in [0.25, 0.3) is 0 Å². The lowest BCUT2D eigenvalue weighted by Gasteiger charge is -2.16. The van der Waals surface area contributed by atoms with E-state index >= 15 is 0 Å². The first-order valence-corrected chi connectivity index (χ1v) is 7.22. The van der Waals surface area contributed by atoms with Crippen molar-refractivity contribution in [3.8, 4) is 0 Å². The third-order valence-corrected chi connectivity index (χ3v) is 4.16. The van der Waals surface area contributed by atoms with Crippen molar-refractivity contribution in [3.05, 3.63) is 34.4 Å². The largest absolute Gasteiger partial charge is 0.326 e. The third-order valence-electron chi connectivity index (χ3n) is 2.72. The minimum absolute atomic E-state index is 0.0194. The molecule has 0 radical (unpaired) electrons. The van der Waals surface area contributed by atoms with Crippen molar-refractivity contribution in [2.24, 2.45) is 11.7 Å². The Balaban J connectivity index is 2.80. The molecule has 1 rings (SSSR count). The summed E-state index contributed by atoms with van der Waals surface area (Å²) in [7, 11) is -3.68. The van der Waals surface area contributed by atoms with Crippen molar-refractivity contribution in [1.29, 1.82) is 0 Å². The van der Waals surface area contributed by atoms with Crippen LogP contribution in [0.1, 0.15) is 13.8 Å². The van der Waals surface area contributed by atoms with E-state index in [1.807, 2.05) is 13.8 Å². The van der Waals surface area contributed by atoms with Gasteiger partial charge in [0.2, 0.25) is 10.0 Å². The number of nitro groups is 1. The van der Waals surface area contributed by atoms with Crippen LogP contribution >= 0.6 is 0 Å². The Kier molecular flexibility index (Phi) is 4.98. The highest BCUT2D eigenvalue weighted by Gasteiger charge is 2.17. The molecule has 0 saturated heterocycles. The molecule has 0 amide bonds. The zero-order valence-corrected chi connectivity index (χ0v) is 11.6. The summed E-state index contributed by atoms with van der Waals surface area (Å²) < 4.78 is 26.2. The summed E-state index contributed by atoms with van der Waals surface area (Å²) in [6, 6.07) is 4.41. The number of benzene rings is 1. The first-order valence-electron chi connectivity index (χ1n) is 5.73. The lowest BCUT2D eigenvalue weighted by atomic mass is 10.1. The van der Waals surface area contributed by atoms with Crippen LogP contribution in [-0.2, 0) is 10.0 Å². The van der Waals surface area contributed by atoms with Gasteiger partial charge in [0.1, 0.15) is 0 Å². The standard InChI is InChI=1S/C11H17N3O4S/c1-8(2)11(12)7-13-19(17,18)10-5-3-9(4-6-10)14(15)16/h3-6,8,11,13H,7,12H2,1-2H3/t11-/m1/s1. The van der Waals surface area contributed by atoms with Crippen molar-refractivity contribution >= 4 is 15.7 Å². The Morgan fingerprint density at radius 3 is 2.26 bits per heavy atom. The Morgan fingerprint density at radius 1 is 1.32 bits per heavy atom. The second kappa shape index (κ2) is 6.09. The number of hydrogen-bond acceptors (Lipinski definition) is 5. The molecule has 0 unspecified atom stereocenters. The zero-order valence-electron chi connectivity index (χ0n) is 10.7. The predicted octanol–water partition coefficient (Wildman–Crippen LogP) is 0.856. The zero-order chi connectivity index (χ0) is 14.6. The highest BCUT2D eigenvalue weighted by atomic mass is 32.2. The fourth-order valence-corrected chi connectivity index (χ4v) is 2.34. The Labute approximate surface area is 112 Å². The first-order chi connectivity index (χ1) is 8.74. The molecule has 0 bridgehead atoms. The smallest absolute Gasteiger partial charge is 0.269 e. The molecule has 0 aromatic heterocycles. The molecule has 1 atom stereocenters. The number of nitrogens with one attached hydrogen (secondary N) is 1. The highest BCUT2D eigenvalue weighted by molar-refractivity contribution is 7.89. The molecule has 3 N–H and O–H groups in total. The quantitative estimate of drug-likeness (QED) is 0.594. The number of nitro benzene ring substituents is 1. The minimum atomic E-state index is -3.68. The fraction of sp³-hybridized carbons (Fsp3) is 0.455. The van der Waals surface area contributed by atoms with E-state index in [9.17, 15) is 18.5 Å². The molecule has 8 heteroatoms. The van der Waals surface area contributed by atoms with Crippen molar-refractivity contribution in [1.82, 2.24) is 4.72 Å². The van der Waals surface area contributed by atoms with Gasteiger partial charge in [-0.25, -0.2) is 13.1 Å². The van der Waals surface area contributed by atoms with Gasteiger partial charge < -0.3 is 5.73 Å². The molecular formula is C11H17N3O4S. The summed E-state index contributed by atoms with van der Waals surface area (Å²) in [5.74, 6) is 0.152. The molecule has 0 aliphatic heterocycles. The SMILES string of the molecule is CC(C)[C@H](N)CNS(=O)(=O)c1ccc([N+](=O)[O-])cc1. The average molecular weight is 287 g/mol. The maximum Gasteiger partial charge on any atom is 0.269 e. The van der Waals surface area contributed by atoms with Gasteiger partial charge in [0.05, 0.1) is 9.82 Å². The summed E-state index contributed by atoms with van der Waals surface area (Å²) in [6.45, 7) is 3.91. The summed E-state index contributed by atoms with van der Waals surface area (Å²) in [4.78, 5) is 9.87. The van der Waals surface area contributed by atoms with E-state index < -0.39 is 14.9 Å². The Hall–Kier alpha value is -1.51. The van der Waals surface area contributed by atoms with Crippen LogP contribution in [0.4, 0.5) is 5.69 Å². The van der Waals surface area contributed by atoms with Crippen molar-refractivity contribution in [3.63, 3.8) is 0 Å². The lowest BCUT2D eigenvalue weighted by Crippen LogP contribution is -2.40. The normalized spacial score (nSPS) is 13.5. The molecule has 0 spiro atoms. The molecule has 0 aliphatic carbocycles. The number of rotatable bonds is 6. The Morgan fingerprint density at radius 2 is 1.84 bits per heavy atom. The molecule has 0 heterocycles. The monoisotopic (exact) mass is 287 g/mol. The molecule has 0 aliphatic rings.